The summed E-state index contributed by atoms with van der Waals surface area (Å²) < 4.78 is 8.01. The van der Waals surface area contributed by atoms with Gasteiger partial charge in [-0.25, -0.2) is 0 Å². The number of aromatic nitrogens is 2. The Hall–Kier alpha value is -0.910. The molecule has 2 unspecified atom stereocenters. The van der Waals surface area contributed by atoms with Gasteiger partial charge in [0.2, 0.25) is 0 Å². The van der Waals surface area contributed by atoms with E-state index >= 15 is 0 Å². The van der Waals surface area contributed by atoms with Crippen molar-refractivity contribution in [2.75, 3.05) is 0 Å². The van der Waals surface area contributed by atoms with Gasteiger partial charge in [-0.1, -0.05) is 0 Å². The van der Waals surface area contributed by atoms with Gasteiger partial charge in [-0.05, 0) is 40.2 Å². The minimum Gasteiger partial charge on any atom is -0.369 e. The van der Waals surface area contributed by atoms with Gasteiger partial charge in [0.15, 0.2) is 0 Å². The highest BCUT2D eigenvalue weighted by Crippen LogP contribution is 2.47. The van der Waals surface area contributed by atoms with Crippen molar-refractivity contribution in [3.63, 3.8) is 0 Å². The SMILES string of the molecule is Cn1nccc1C(NN)C1CC(C)(C)OC1(C)C. The molecule has 1 aliphatic heterocycles. The number of nitrogens with one attached hydrogen (secondary N) is 1. The zero-order valence-electron chi connectivity index (χ0n) is 11.9. The average molecular weight is 252 g/mol. The molecule has 1 aliphatic rings. The van der Waals surface area contributed by atoms with Crippen molar-refractivity contribution in [2.45, 2.75) is 51.4 Å². The molecule has 2 heterocycles. The molecule has 1 aromatic heterocycles. The van der Waals surface area contributed by atoms with Crippen LogP contribution >= 0.6 is 0 Å². The largest absolute Gasteiger partial charge is 0.369 e. The molecule has 2 rings (SSSR count). The van der Waals surface area contributed by atoms with E-state index < -0.39 is 0 Å². The molecule has 5 nitrogen and oxygen atoms in total. The highest BCUT2D eigenvalue weighted by atomic mass is 16.5. The molecule has 1 saturated heterocycles. The molecule has 3 N–H and O–H groups in total. The monoisotopic (exact) mass is 252 g/mol. The van der Waals surface area contributed by atoms with Gasteiger partial charge in [-0.15, -0.1) is 0 Å². The van der Waals surface area contributed by atoms with Crippen LogP contribution in [-0.2, 0) is 11.8 Å². The van der Waals surface area contributed by atoms with Gasteiger partial charge in [0.05, 0.1) is 22.9 Å². The predicted octanol–water partition coefficient (Wildman–Crippen LogP) is 1.52. The highest BCUT2D eigenvalue weighted by Gasteiger charge is 2.49. The molecule has 1 aromatic rings. The topological polar surface area (TPSA) is 65.1 Å². The summed E-state index contributed by atoms with van der Waals surface area (Å²) in [5, 5.41) is 4.22. The molecule has 0 amide bonds. The second-order valence-corrected chi connectivity index (χ2v) is 6.30. The summed E-state index contributed by atoms with van der Waals surface area (Å²) in [5.41, 5.74) is 3.72. The van der Waals surface area contributed by atoms with Gasteiger partial charge in [0.25, 0.3) is 0 Å². The average Bonchev–Trinajstić information content (AvgIpc) is 2.71. The number of nitrogens with zero attached hydrogens (tertiary/aromatic N) is 2. The lowest BCUT2D eigenvalue weighted by atomic mass is 9.80. The van der Waals surface area contributed by atoms with Crippen LogP contribution < -0.4 is 11.3 Å². The van der Waals surface area contributed by atoms with Crippen LogP contribution in [0.15, 0.2) is 12.3 Å². The zero-order valence-corrected chi connectivity index (χ0v) is 11.9. The molecule has 0 bridgehead atoms. The molecule has 102 valence electrons. The molecular weight excluding hydrogens is 228 g/mol. The Balaban J connectivity index is 2.32. The molecular formula is C13H24N4O. The van der Waals surface area contributed by atoms with Crippen LogP contribution in [0.1, 0.15) is 45.9 Å². The third-order valence-corrected chi connectivity index (χ3v) is 3.90. The standard InChI is InChI=1S/C13H24N4O/c1-12(2)8-9(13(3,4)18-12)11(16-14)10-6-7-15-17(10)5/h6-7,9,11,16H,8,14H2,1-5H3. The normalized spacial score (nSPS) is 27.3. The quantitative estimate of drug-likeness (QED) is 0.632. The maximum absolute atomic E-state index is 6.14. The van der Waals surface area contributed by atoms with Crippen molar-refractivity contribution < 1.29 is 4.74 Å². The fourth-order valence-corrected chi connectivity index (χ4v) is 3.22. The maximum atomic E-state index is 6.14. The lowest BCUT2D eigenvalue weighted by Crippen LogP contribution is -2.42. The Morgan fingerprint density at radius 1 is 1.50 bits per heavy atom. The lowest BCUT2D eigenvalue weighted by molar-refractivity contribution is -0.0781. The predicted molar refractivity (Wildman–Crippen MR) is 70.6 cm³/mol. The lowest BCUT2D eigenvalue weighted by Gasteiger charge is -2.32. The summed E-state index contributed by atoms with van der Waals surface area (Å²) in [6, 6.07) is 2.06. The van der Waals surface area contributed by atoms with E-state index in [4.69, 9.17) is 10.6 Å². The van der Waals surface area contributed by atoms with Crippen molar-refractivity contribution >= 4 is 0 Å². The number of rotatable bonds is 3. The van der Waals surface area contributed by atoms with Gasteiger partial charge in [0, 0.05) is 19.2 Å². The Morgan fingerprint density at radius 3 is 2.56 bits per heavy atom. The van der Waals surface area contributed by atoms with Crippen LogP contribution in [0.5, 0.6) is 0 Å². The van der Waals surface area contributed by atoms with Crippen LogP contribution in [0.2, 0.25) is 0 Å². The van der Waals surface area contributed by atoms with Crippen LogP contribution in [0, 0.1) is 5.92 Å². The van der Waals surface area contributed by atoms with E-state index in [9.17, 15) is 0 Å². The summed E-state index contributed by atoms with van der Waals surface area (Å²) in [4.78, 5) is 0. The summed E-state index contributed by atoms with van der Waals surface area (Å²) in [6.45, 7) is 8.53. The van der Waals surface area contributed by atoms with Gasteiger partial charge < -0.3 is 4.74 Å². The Kier molecular flexibility index (Phi) is 3.25. The number of nitrogens with two attached hydrogens (primary N) is 1. The van der Waals surface area contributed by atoms with Gasteiger partial charge in [-0.3, -0.25) is 16.0 Å². The first-order chi connectivity index (χ1) is 8.27. The number of ether oxygens (including phenoxy) is 1. The van der Waals surface area contributed by atoms with Crippen LogP contribution in [0.25, 0.3) is 0 Å². The minimum absolute atomic E-state index is 0.0503. The van der Waals surface area contributed by atoms with Crippen LogP contribution in [0.4, 0.5) is 0 Å². The third-order valence-electron chi connectivity index (χ3n) is 3.90. The molecule has 1 fully saturated rings. The van der Waals surface area contributed by atoms with E-state index in [-0.39, 0.29) is 17.2 Å². The van der Waals surface area contributed by atoms with Gasteiger partial charge in [-0.2, -0.15) is 5.10 Å². The molecule has 0 spiro atoms. The molecule has 5 heteroatoms. The summed E-state index contributed by atoms with van der Waals surface area (Å²) in [7, 11) is 1.94. The highest BCUT2D eigenvalue weighted by molar-refractivity contribution is 5.12. The second-order valence-electron chi connectivity index (χ2n) is 6.30. The van der Waals surface area contributed by atoms with Crippen LogP contribution in [0.3, 0.4) is 0 Å². The Morgan fingerprint density at radius 2 is 2.17 bits per heavy atom. The fourth-order valence-electron chi connectivity index (χ4n) is 3.22. The van der Waals surface area contributed by atoms with E-state index in [1.165, 1.54) is 0 Å². The van der Waals surface area contributed by atoms with Gasteiger partial charge in [0.1, 0.15) is 0 Å². The molecule has 18 heavy (non-hydrogen) atoms. The first-order valence-corrected chi connectivity index (χ1v) is 6.41. The first kappa shape index (κ1) is 13.5. The van der Waals surface area contributed by atoms with Crippen molar-refractivity contribution in [3.05, 3.63) is 18.0 Å². The molecule has 2 atom stereocenters. The van der Waals surface area contributed by atoms with Crippen molar-refractivity contribution in [1.29, 1.82) is 0 Å². The molecule has 0 radical (unpaired) electrons. The Bertz CT molecular complexity index is 424. The summed E-state index contributed by atoms with van der Waals surface area (Å²) >= 11 is 0. The van der Waals surface area contributed by atoms with Crippen molar-refractivity contribution in [3.8, 4) is 0 Å². The zero-order chi connectivity index (χ0) is 13.6. The Labute approximate surface area is 109 Å². The van der Waals surface area contributed by atoms with Crippen molar-refractivity contribution in [2.24, 2.45) is 18.8 Å². The van der Waals surface area contributed by atoms with E-state index in [1.54, 1.807) is 6.20 Å². The van der Waals surface area contributed by atoms with E-state index in [0.717, 1.165) is 12.1 Å². The number of hydrogen-bond acceptors (Lipinski definition) is 4. The molecule has 0 aliphatic carbocycles. The van der Waals surface area contributed by atoms with Gasteiger partial charge >= 0.3 is 0 Å². The van der Waals surface area contributed by atoms with E-state index in [1.807, 2.05) is 17.8 Å². The maximum Gasteiger partial charge on any atom is 0.0685 e. The summed E-state index contributed by atoms with van der Waals surface area (Å²) in [5.74, 6) is 6.09. The van der Waals surface area contributed by atoms with Crippen molar-refractivity contribution in [1.82, 2.24) is 15.2 Å². The number of hydrogen-bond donors (Lipinski definition) is 2. The van der Waals surface area contributed by atoms with E-state index in [2.05, 4.69) is 38.2 Å². The smallest absolute Gasteiger partial charge is 0.0685 e. The molecule has 0 aromatic carbocycles. The first-order valence-electron chi connectivity index (χ1n) is 6.41. The summed E-state index contributed by atoms with van der Waals surface area (Å²) in [6.07, 6.45) is 2.77. The number of hydrazine groups is 1. The third kappa shape index (κ3) is 2.30. The second kappa shape index (κ2) is 4.33. The van der Waals surface area contributed by atoms with Crippen LogP contribution in [-0.4, -0.2) is 21.0 Å². The van der Waals surface area contributed by atoms with E-state index in [0.29, 0.717) is 5.92 Å². The molecule has 0 saturated carbocycles. The minimum atomic E-state index is -0.204. The number of aryl methyl sites for hydroxylation is 1. The fraction of sp³-hybridized carbons (Fsp3) is 0.769.